The molecule has 0 saturated carbocycles. The minimum atomic E-state index is -3.97. The molecule has 0 aromatic heterocycles. The van der Waals surface area contributed by atoms with Crippen LogP contribution in [0.1, 0.15) is 28.3 Å². The van der Waals surface area contributed by atoms with Crippen LogP contribution in [0, 0.1) is 13.8 Å². The Kier molecular flexibility index (Phi) is 7.32. The number of sulfonamides is 1. The average molecular weight is 485 g/mol. The third-order valence-corrected chi connectivity index (χ3v) is 7.58. The maximum Gasteiger partial charge on any atom is 0.264 e. The van der Waals surface area contributed by atoms with Gasteiger partial charge in [-0.3, -0.25) is 9.10 Å². The van der Waals surface area contributed by atoms with E-state index in [-0.39, 0.29) is 11.4 Å². The van der Waals surface area contributed by atoms with E-state index in [1.165, 1.54) is 4.31 Å². The normalized spacial score (nSPS) is 11.3. The molecule has 0 bridgehead atoms. The molecule has 0 spiro atoms. The number of nitrogens with one attached hydrogen (secondary N) is 1. The third kappa shape index (κ3) is 5.78. The van der Waals surface area contributed by atoms with Gasteiger partial charge in [0.1, 0.15) is 6.54 Å². The summed E-state index contributed by atoms with van der Waals surface area (Å²) in [5.41, 5.74) is 4.21. The van der Waals surface area contributed by atoms with E-state index in [1.807, 2.05) is 86.6 Å². The third-order valence-electron chi connectivity index (χ3n) is 5.79. The van der Waals surface area contributed by atoms with Crippen LogP contribution in [-0.2, 0) is 14.8 Å². The first kappa shape index (κ1) is 24.2. The summed E-state index contributed by atoms with van der Waals surface area (Å²) in [6.45, 7) is 3.48. The first-order chi connectivity index (χ1) is 16.8. The lowest BCUT2D eigenvalue weighted by atomic mass is 9.99. The van der Waals surface area contributed by atoms with Crippen molar-refractivity contribution < 1.29 is 13.2 Å². The fourth-order valence-corrected chi connectivity index (χ4v) is 5.27. The number of rotatable bonds is 8. The molecule has 0 atom stereocenters. The van der Waals surface area contributed by atoms with Crippen LogP contribution in [0.4, 0.5) is 5.69 Å². The molecule has 1 N–H and O–H groups in total. The van der Waals surface area contributed by atoms with Gasteiger partial charge < -0.3 is 5.32 Å². The second-order valence-electron chi connectivity index (χ2n) is 8.48. The fraction of sp³-hybridized carbons (Fsp3) is 0.138. The van der Waals surface area contributed by atoms with E-state index in [9.17, 15) is 13.2 Å². The Morgan fingerprint density at radius 1 is 0.714 bits per heavy atom. The van der Waals surface area contributed by atoms with Crippen LogP contribution in [0.3, 0.4) is 0 Å². The summed E-state index contributed by atoms with van der Waals surface area (Å²) in [5, 5.41) is 3.05. The molecule has 4 aromatic rings. The van der Waals surface area contributed by atoms with Gasteiger partial charge in [0.2, 0.25) is 5.91 Å². The van der Waals surface area contributed by atoms with Crippen molar-refractivity contribution in [2.45, 2.75) is 24.8 Å². The van der Waals surface area contributed by atoms with Gasteiger partial charge in [0.15, 0.2) is 0 Å². The number of carbonyl (C=O) groups excluding carboxylic acids is 1. The Labute approximate surface area is 207 Å². The molecule has 0 aliphatic heterocycles. The fourth-order valence-electron chi connectivity index (χ4n) is 3.85. The molecule has 5 nitrogen and oxygen atoms in total. The molecule has 0 heterocycles. The SMILES string of the molecule is Cc1ccc(N(CC(=O)NC(c2ccccc2)c2ccccc2)S(=O)(=O)c2ccc(C)cc2)cc1. The first-order valence-electron chi connectivity index (χ1n) is 11.4. The molecular formula is C29H28N2O3S. The smallest absolute Gasteiger partial charge is 0.264 e. The van der Waals surface area contributed by atoms with E-state index in [4.69, 9.17) is 0 Å². The molecule has 178 valence electrons. The zero-order chi connectivity index (χ0) is 24.8. The van der Waals surface area contributed by atoms with Crippen LogP contribution in [-0.4, -0.2) is 20.9 Å². The number of anilines is 1. The molecular weight excluding hydrogens is 456 g/mol. The second kappa shape index (κ2) is 10.6. The van der Waals surface area contributed by atoms with Crippen molar-refractivity contribution >= 4 is 21.6 Å². The number of nitrogens with zero attached hydrogens (tertiary/aromatic N) is 1. The quantitative estimate of drug-likeness (QED) is 0.364. The van der Waals surface area contributed by atoms with Crippen molar-refractivity contribution in [3.8, 4) is 0 Å². The number of benzene rings is 4. The molecule has 0 radical (unpaired) electrons. The van der Waals surface area contributed by atoms with Crippen LogP contribution in [0.15, 0.2) is 114 Å². The molecule has 0 unspecified atom stereocenters. The summed E-state index contributed by atoms with van der Waals surface area (Å²) in [6, 6.07) is 32.6. The van der Waals surface area contributed by atoms with Gasteiger partial charge in [-0.15, -0.1) is 0 Å². The number of hydrogen-bond acceptors (Lipinski definition) is 3. The monoisotopic (exact) mass is 484 g/mol. The lowest BCUT2D eigenvalue weighted by Gasteiger charge is -2.26. The van der Waals surface area contributed by atoms with Gasteiger partial charge in [-0.05, 0) is 49.2 Å². The van der Waals surface area contributed by atoms with E-state index < -0.39 is 22.0 Å². The van der Waals surface area contributed by atoms with Crippen LogP contribution < -0.4 is 9.62 Å². The number of hydrogen-bond donors (Lipinski definition) is 1. The highest BCUT2D eigenvalue weighted by Gasteiger charge is 2.28. The minimum Gasteiger partial charge on any atom is -0.344 e. The average Bonchev–Trinajstić information content (AvgIpc) is 2.88. The Morgan fingerprint density at radius 3 is 1.66 bits per heavy atom. The van der Waals surface area contributed by atoms with Crippen molar-refractivity contribution in [2.24, 2.45) is 0 Å². The molecule has 4 rings (SSSR count). The highest BCUT2D eigenvalue weighted by Crippen LogP contribution is 2.26. The molecule has 35 heavy (non-hydrogen) atoms. The van der Waals surface area contributed by atoms with Gasteiger partial charge in [-0.25, -0.2) is 8.42 Å². The van der Waals surface area contributed by atoms with Crippen molar-refractivity contribution in [3.63, 3.8) is 0 Å². The van der Waals surface area contributed by atoms with E-state index in [1.54, 1.807) is 36.4 Å². The van der Waals surface area contributed by atoms with Crippen molar-refractivity contribution in [2.75, 3.05) is 10.8 Å². The molecule has 0 saturated heterocycles. The summed E-state index contributed by atoms with van der Waals surface area (Å²) >= 11 is 0. The Hall–Kier alpha value is -3.90. The number of amides is 1. The lowest BCUT2D eigenvalue weighted by Crippen LogP contribution is -2.42. The van der Waals surface area contributed by atoms with Crippen molar-refractivity contribution in [3.05, 3.63) is 131 Å². The summed E-state index contributed by atoms with van der Waals surface area (Å²) in [4.78, 5) is 13.5. The summed E-state index contributed by atoms with van der Waals surface area (Å²) < 4.78 is 28.4. The van der Waals surface area contributed by atoms with Crippen molar-refractivity contribution in [1.82, 2.24) is 5.32 Å². The van der Waals surface area contributed by atoms with Gasteiger partial charge in [0.25, 0.3) is 10.0 Å². The van der Waals surface area contributed by atoms with Gasteiger partial charge >= 0.3 is 0 Å². The van der Waals surface area contributed by atoms with Crippen LogP contribution in [0.25, 0.3) is 0 Å². The maximum atomic E-state index is 13.6. The van der Waals surface area contributed by atoms with Gasteiger partial charge in [0.05, 0.1) is 16.6 Å². The van der Waals surface area contributed by atoms with Crippen LogP contribution in [0.5, 0.6) is 0 Å². The van der Waals surface area contributed by atoms with E-state index in [0.29, 0.717) is 5.69 Å². The second-order valence-corrected chi connectivity index (χ2v) is 10.3. The van der Waals surface area contributed by atoms with E-state index in [2.05, 4.69) is 5.32 Å². The van der Waals surface area contributed by atoms with Gasteiger partial charge in [-0.1, -0.05) is 96.1 Å². The molecule has 0 fully saturated rings. The number of carbonyl (C=O) groups is 1. The van der Waals surface area contributed by atoms with Crippen molar-refractivity contribution in [1.29, 1.82) is 0 Å². The summed E-state index contributed by atoms with van der Waals surface area (Å²) in [5.74, 6) is -0.404. The van der Waals surface area contributed by atoms with Crippen LogP contribution in [0.2, 0.25) is 0 Å². The standard InChI is InChI=1S/C29H28N2O3S/c1-22-13-17-26(18-14-22)31(35(33,34)27-19-15-23(2)16-20-27)21-28(32)30-29(24-9-5-3-6-10-24)25-11-7-4-8-12-25/h3-20,29H,21H2,1-2H3,(H,30,32). The predicted octanol–water partition coefficient (Wildman–Crippen LogP) is 5.40. The predicted molar refractivity (Wildman–Crippen MR) is 140 cm³/mol. The zero-order valence-electron chi connectivity index (χ0n) is 19.8. The van der Waals surface area contributed by atoms with E-state index in [0.717, 1.165) is 22.3 Å². The topological polar surface area (TPSA) is 66.5 Å². The largest absolute Gasteiger partial charge is 0.344 e. The molecule has 0 aliphatic rings. The minimum absolute atomic E-state index is 0.138. The Balaban J connectivity index is 1.67. The van der Waals surface area contributed by atoms with Gasteiger partial charge in [-0.2, -0.15) is 0 Å². The highest BCUT2D eigenvalue weighted by molar-refractivity contribution is 7.92. The Morgan fingerprint density at radius 2 is 1.17 bits per heavy atom. The summed E-state index contributed by atoms with van der Waals surface area (Å²) in [6.07, 6.45) is 0. The van der Waals surface area contributed by atoms with E-state index >= 15 is 0 Å². The molecule has 1 amide bonds. The summed E-state index contributed by atoms with van der Waals surface area (Å²) in [7, 11) is -3.97. The highest BCUT2D eigenvalue weighted by atomic mass is 32.2. The molecule has 0 aliphatic carbocycles. The maximum absolute atomic E-state index is 13.6. The number of aryl methyl sites for hydroxylation is 2. The zero-order valence-corrected chi connectivity index (χ0v) is 20.6. The van der Waals surface area contributed by atoms with Gasteiger partial charge in [0, 0.05) is 0 Å². The Bertz CT molecular complexity index is 1330. The van der Waals surface area contributed by atoms with Crippen LogP contribution >= 0.6 is 0 Å². The first-order valence-corrected chi connectivity index (χ1v) is 12.8. The molecule has 4 aromatic carbocycles. The molecule has 6 heteroatoms. The lowest BCUT2D eigenvalue weighted by molar-refractivity contribution is -0.120.